The van der Waals surface area contributed by atoms with E-state index in [1.54, 1.807) is 23.1 Å². The highest BCUT2D eigenvalue weighted by Crippen LogP contribution is 2.29. The number of carbonyl (C=O) groups is 1. The molecule has 0 aromatic heterocycles. The molecular formula is C15H22N2O5S. The molecule has 2 rings (SSSR count). The predicted octanol–water partition coefficient (Wildman–Crippen LogP) is 0.811. The minimum Gasteiger partial charge on any atom is -0.496 e. The molecule has 23 heavy (non-hydrogen) atoms. The summed E-state index contributed by atoms with van der Waals surface area (Å²) >= 11 is 0. The van der Waals surface area contributed by atoms with Crippen LogP contribution >= 0.6 is 0 Å². The molecule has 0 bridgehead atoms. The number of carbonyl (C=O) groups excluding carboxylic acids is 1. The average molecular weight is 342 g/mol. The number of ether oxygens (including phenoxy) is 2. The molecule has 1 aromatic carbocycles. The maximum Gasteiger partial charge on any atom is 0.261 e. The monoisotopic (exact) mass is 342 g/mol. The van der Waals surface area contributed by atoms with Crippen molar-refractivity contribution < 1.29 is 22.7 Å². The summed E-state index contributed by atoms with van der Waals surface area (Å²) in [4.78, 5) is 14.5. The highest BCUT2D eigenvalue weighted by Gasteiger charge is 2.27. The van der Waals surface area contributed by atoms with Crippen LogP contribution in [-0.4, -0.2) is 70.2 Å². The van der Waals surface area contributed by atoms with Crippen LogP contribution in [0.4, 0.5) is 0 Å². The van der Waals surface area contributed by atoms with Crippen LogP contribution < -0.4 is 9.47 Å². The van der Waals surface area contributed by atoms with E-state index < -0.39 is 10.0 Å². The van der Waals surface area contributed by atoms with Gasteiger partial charge in [-0.25, -0.2) is 12.7 Å². The van der Waals surface area contributed by atoms with E-state index in [1.807, 2.05) is 0 Å². The molecule has 0 N–H and O–H groups in total. The first-order valence-electron chi connectivity index (χ1n) is 7.34. The van der Waals surface area contributed by atoms with Crippen LogP contribution in [0.2, 0.25) is 0 Å². The summed E-state index contributed by atoms with van der Waals surface area (Å²) in [5, 5.41) is 0. The van der Waals surface area contributed by atoms with Crippen molar-refractivity contribution in [1.29, 1.82) is 0 Å². The van der Waals surface area contributed by atoms with Gasteiger partial charge in [0.15, 0.2) is 0 Å². The SMILES string of the molecule is COc1cccc(OC)c1C(=O)N1CCCN(S(C)(=O)=O)CC1. The second kappa shape index (κ2) is 7.18. The minimum atomic E-state index is -3.24. The van der Waals surface area contributed by atoms with Crippen LogP contribution in [0.1, 0.15) is 16.8 Å². The molecule has 1 heterocycles. The van der Waals surface area contributed by atoms with Gasteiger partial charge in [0.2, 0.25) is 10.0 Å². The summed E-state index contributed by atoms with van der Waals surface area (Å²) in [5.74, 6) is 0.673. The summed E-state index contributed by atoms with van der Waals surface area (Å²) in [6.45, 7) is 1.55. The molecule has 1 fully saturated rings. The van der Waals surface area contributed by atoms with E-state index in [2.05, 4.69) is 0 Å². The van der Waals surface area contributed by atoms with E-state index >= 15 is 0 Å². The van der Waals surface area contributed by atoms with Gasteiger partial charge < -0.3 is 14.4 Å². The molecular weight excluding hydrogens is 320 g/mol. The second-order valence-electron chi connectivity index (χ2n) is 5.35. The molecule has 0 aliphatic carbocycles. The van der Waals surface area contributed by atoms with Crippen LogP contribution in [0, 0.1) is 0 Å². The smallest absolute Gasteiger partial charge is 0.261 e. The largest absolute Gasteiger partial charge is 0.496 e. The molecule has 1 amide bonds. The zero-order valence-electron chi connectivity index (χ0n) is 13.6. The average Bonchev–Trinajstić information content (AvgIpc) is 2.79. The zero-order valence-corrected chi connectivity index (χ0v) is 14.4. The Bertz CT molecular complexity index is 652. The van der Waals surface area contributed by atoms with E-state index in [1.165, 1.54) is 24.8 Å². The summed E-state index contributed by atoms with van der Waals surface area (Å²) in [6, 6.07) is 5.16. The van der Waals surface area contributed by atoms with Gasteiger partial charge in [0.1, 0.15) is 17.1 Å². The van der Waals surface area contributed by atoms with Crippen LogP contribution in [0.25, 0.3) is 0 Å². The second-order valence-corrected chi connectivity index (χ2v) is 7.33. The fraction of sp³-hybridized carbons (Fsp3) is 0.533. The Balaban J connectivity index is 2.25. The van der Waals surface area contributed by atoms with Crippen LogP contribution in [-0.2, 0) is 10.0 Å². The number of nitrogens with zero attached hydrogens (tertiary/aromatic N) is 2. The lowest BCUT2D eigenvalue weighted by Gasteiger charge is -2.23. The van der Waals surface area contributed by atoms with Crippen LogP contribution in [0.15, 0.2) is 18.2 Å². The van der Waals surface area contributed by atoms with E-state index in [9.17, 15) is 13.2 Å². The van der Waals surface area contributed by atoms with Crippen molar-refractivity contribution in [2.24, 2.45) is 0 Å². The highest BCUT2D eigenvalue weighted by molar-refractivity contribution is 7.88. The molecule has 0 unspecified atom stereocenters. The number of hydrogen-bond donors (Lipinski definition) is 0. The van der Waals surface area contributed by atoms with Gasteiger partial charge in [-0.3, -0.25) is 4.79 Å². The molecule has 0 spiro atoms. The molecule has 0 saturated carbocycles. The Kier molecular flexibility index (Phi) is 5.48. The molecule has 0 atom stereocenters. The molecule has 7 nitrogen and oxygen atoms in total. The first-order chi connectivity index (χ1) is 10.9. The Labute approximate surface area is 136 Å². The third-order valence-corrected chi connectivity index (χ3v) is 5.16. The van der Waals surface area contributed by atoms with Crippen LogP contribution in [0.3, 0.4) is 0 Å². The normalized spacial score (nSPS) is 16.7. The molecule has 1 aromatic rings. The molecule has 0 radical (unpaired) electrons. The minimum absolute atomic E-state index is 0.213. The van der Waals surface area contributed by atoms with Gasteiger partial charge in [0.05, 0.1) is 20.5 Å². The number of sulfonamides is 1. The summed E-state index contributed by atoms with van der Waals surface area (Å²) in [7, 11) is -0.244. The highest BCUT2D eigenvalue weighted by atomic mass is 32.2. The van der Waals surface area contributed by atoms with Gasteiger partial charge in [-0.15, -0.1) is 0 Å². The lowest BCUT2D eigenvalue weighted by Crippen LogP contribution is -2.37. The van der Waals surface area contributed by atoms with Crippen molar-refractivity contribution in [1.82, 2.24) is 9.21 Å². The lowest BCUT2D eigenvalue weighted by molar-refractivity contribution is 0.0757. The number of methoxy groups -OCH3 is 2. The maximum atomic E-state index is 12.9. The Morgan fingerprint density at radius 1 is 1.04 bits per heavy atom. The van der Waals surface area contributed by atoms with E-state index in [-0.39, 0.29) is 5.91 Å². The number of hydrogen-bond acceptors (Lipinski definition) is 5. The fourth-order valence-corrected chi connectivity index (χ4v) is 3.52. The quantitative estimate of drug-likeness (QED) is 0.809. The molecule has 8 heteroatoms. The number of amides is 1. The van der Waals surface area contributed by atoms with Crippen molar-refractivity contribution in [2.75, 3.05) is 46.7 Å². The zero-order chi connectivity index (χ0) is 17.0. The van der Waals surface area contributed by atoms with Crippen molar-refractivity contribution in [2.45, 2.75) is 6.42 Å². The Hall–Kier alpha value is -1.80. The van der Waals surface area contributed by atoms with Gasteiger partial charge in [0, 0.05) is 26.2 Å². The van der Waals surface area contributed by atoms with Crippen molar-refractivity contribution in [3.8, 4) is 11.5 Å². The van der Waals surface area contributed by atoms with Gasteiger partial charge in [0.25, 0.3) is 5.91 Å². The van der Waals surface area contributed by atoms with Crippen LogP contribution in [0.5, 0.6) is 11.5 Å². The van der Waals surface area contributed by atoms with Crippen molar-refractivity contribution in [3.05, 3.63) is 23.8 Å². The predicted molar refractivity (Wildman–Crippen MR) is 86.5 cm³/mol. The van der Waals surface area contributed by atoms with Gasteiger partial charge >= 0.3 is 0 Å². The summed E-state index contributed by atoms with van der Waals surface area (Å²) in [6.07, 6.45) is 1.78. The van der Waals surface area contributed by atoms with Gasteiger partial charge in [-0.2, -0.15) is 0 Å². The van der Waals surface area contributed by atoms with E-state index in [0.29, 0.717) is 49.7 Å². The standard InChI is InChI=1S/C15H22N2O5S/c1-21-12-6-4-7-13(22-2)14(12)15(18)16-8-5-9-17(11-10-16)23(3,19)20/h4,6-7H,5,8-11H2,1-3H3. The molecule has 128 valence electrons. The van der Waals surface area contributed by atoms with Gasteiger partial charge in [-0.05, 0) is 18.6 Å². The van der Waals surface area contributed by atoms with Crippen molar-refractivity contribution in [3.63, 3.8) is 0 Å². The Morgan fingerprint density at radius 3 is 2.17 bits per heavy atom. The molecule has 1 saturated heterocycles. The van der Waals surface area contributed by atoms with E-state index in [4.69, 9.17) is 9.47 Å². The number of rotatable bonds is 4. The molecule has 1 aliphatic rings. The lowest BCUT2D eigenvalue weighted by atomic mass is 10.1. The number of benzene rings is 1. The maximum absolute atomic E-state index is 12.9. The first kappa shape index (κ1) is 17.6. The fourth-order valence-electron chi connectivity index (χ4n) is 2.65. The first-order valence-corrected chi connectivity index (χ1v) is 9.18. The van der Waals surface area contributed by atoms with E-state index in [0.717, 1.165) is 0 Å². The summed E-state index contributed by atoms with van der Waals surface area (Å²) < 4.78 is 35.3. The topological polar surface area (TPSA) is 76.2 Å². The Morgan fingerprint density at radius 2 is 1.65 bits per heavy atom. The van der Waals surface area contributed by atoms with Gasteiger partial charge in [-0.1, -0.05) is 6.07 Å². The summed E-state index contributed by atoms with van der Waals surface area (Å²) in [5.41, 5.74) is 0.366. The molecule has 1 aliphatic heterocycles. The van der Waals surface area contributed by atoms with Crippen molar-refractivity contribution >= 4 is 15.9 Å². The third-order valence-electron chi connectivity index (χ3n) is 3.85. The third kappa shape index (κ3) is 3.94.